The minimum atomic E-state index is -3.12. The Morgan fingerprint density at radius 3 is 0.768 bits per heavy atom. The molecule has 0 aliphatic heterocycles. The van der Waals surface area contributed by atoms with E-state index in [0.29, 0.717) is 37.6 Å². The predicted molar refractivity (Wildman–Crippen MR) is 400 cm³/mol. The topological polar surface area (TPSA) is 112 Å². The van der Waals surface area contributed by atoms with Gasteiger partial charge in [-0.15, -0.1) is 0 Å². The number of rotatable bonds is 26. The maximum atomic E-state index is 12.5. The van der Waals surface area contributed by atoms with Gasteiger partial charge in [0.2, 0.25) is 0 Å². The van der Waals surface area contributed by atoms with Gasteiger partial charge in [-0.2, -0.15) is 0 Å². The maximum absolute atomic E-state index is 12.5. The van der Waals surface area contributed by atoms with Gasteiger partial charge in [0.25, 0.3) is 0 Å². The fourth-order valence-electron chi connectivity index (χ4n) is 10.2. The van der Waals surface area contributed by atoms with Crippen molar-refractivity contribution < 1.29 is 36.8 Å². The van der Waals surface area contributed by atoms with Crippen LogP contribution in [0.15, 0.2) is 243 Å². The van der Waals surface area contributed by atoms with Crippen molar-refractivity contribution in [3.63, 3.8) is 0 Å². The normalized spacial score (nSPS) is 11.3. The summed E-state index contributed by atoms with van der Waals surface area (Å²) in [5.74, 6) is 0. The van der Waals surface area contributed by atoms with Crippen molar-refractivity contribution in [1.82, 2.24) is 0 Å². The molecule has 0 bridgehead atoms. The highest BCUT2D eigenvalue weighted by Crippen LogP contribution is 2.53. The Bertz CT molecular complexity index is 4070. The van der Waals surface area contributed by atoms with Crippen LogP contribution in [0.5, 0.6) is 0 Å². The third-order valence-electron chi connectivity index (χ3n) is 15.4. The molecular formula is C83H88N2O8P2. The van der Waals surface area contributed by atoms with E-state index in [1.165, 1.54) is 50.1 Å². The van der Waals surface area contributed by atoms with Gasteiger partial charge in [0.05, 0.1) is 38.8 Å². The van der Waals surface area contributed by atoms with Crippen molar-refractivity contribution in [2.45, 2.75) is 75.1 Å². The summed E-state index contributed by atoms with van der Waals surface area (Å²) >= 11 is 0. The molecule has 0 aliphatic rings. The standard InChI is InChI=1S/C44H37N.C22H19NO2.C16H28O6P2.CH4/c1-34-13-28-44(33-35(34)2)45(42-29-24-40(25-30-42)17-15-37-11-7-4-8-12-37)43-31-26-41(27-32-43)23-22-39-20-18-38(19-21-39)16-14-36-9-5-3-6-10-36;1-16-3-8-22(13-17(16)2)23(20-9-4-18(14-24)5-10-20)21-11-6-19(15-25)7-12-21;1-5-19-23(17,20-6-2)13-15-9-11-16(12-10-15)14-24(18,21-7-3)22-8-4;/h3-33H,1-2H3;3-15H,1-2H3;9-12H,5-8,13-14H2,1-4H3;1H4. The fraction of sp³-hybridized carbons (Fsp3) is 0.181. The van der Waals surface area contributed by atoms with E-state index >= 15 is 0 Å². The van der Waals surface area contributed by atoms with E-state index in [1.54, 1.807) is 52.0 Å². The smallest absolute Gasteiger partial charge is 0.310 e. The molecule has 0 radical (unpaired) electrons. The summed E-state index contributed by atoms with van der Waals surface area (Å²) in [4.78, 5) is 26.3. The highest BCUT2D eigenvalue weighted by atomic mass is 31.2. The first kappa shape index (κ1) is 73.1. The molecule has 0 heterocycles. The van der Waals surface area contributed by atoms with E-state index in [0.717, 1.165) is 63.4 Å². The highest BCUT2D eigenvalue weighted by Gasteiger charge is 2.26. The van der Waals surface area contributed by atoms with Crippen LogP contribution in [0.3, 0.4) is 0 Å². The lowest BCUT2D eigenvalue weighted by Crippen LogP contribution is -2.10. The summed E-state index contributed by atoms with van der Waals surface area (Å²) in [6.07, 6.45) is 15.0. The molecule has 0 fully saturated rings. The first-order valence-corrected chi connectivity index (χ1v) is 35.2. The van der Waals surface area contributed by atoms with Crippen molar-refractivity contribution in [2.75, 3.05) is 36.2 Å². The number of benzene rings is 10. The molecule has 10 aromatic rings. The summed E-state index contributed by atoms with van der Waals surface area (Å²) in [5, 5.41) is 0. The molecule has 0 aliphatic carbocycles. The average Bonchev–Trinajstić information content (AvgIpc) is 0.847. The van der Waals surface area contributed by atoms with Crippen LogP contribution in [0.25, 0.3) is 36.5 Å². The first-order chi connectivity index (χ1) is 45.6. The van der Waals surface area contributed by atoms with Crippen LogP contribution in [0.4, 0.5) is 34.1 Å². The summed E-state index contributed by atoms with van der Waals surface area (Å²) in [7, 11) is -6.25. The van der Waals surface area contributed by atoms with Gasteiger partial charge in [0, 0.05) is 45.3 Å². The fourth-order valence-corrected chi connectivity index (χ4v) is 13.6. The lowest BCUT2D eigenvalue weighted by Gasteiger charge is -2.26. The molecule has 0 spiro atoms. The van der Waals surface area contributed by atoms with Gasteiger partial charge in [-0.1, -0.05) is 189 Å². The maximum Gasteiger partial charge on any atom is 0.335 e. The van der Waals surface area contributed by atoms with Gasteiger partial charge >= 0.3 is 15.2 Å². The molecule has 10 aromatic carbocycles. The molecular weight excluding hydrogens is 1210 g/mol. The number of aryl methyl sites for hydroxylation is 4. The molecule has 0 saturated carbocycles. The highest BCUT2D eigenvalue weighted by molar-refractivity contribution is 7.53. The molecule has 12 heteroatoms. The second kappa shape index (κ2) is 36.9. The van der Waals surface area contributed by atoms with E-state index in [4.69, 9.17) is 18.1 Å². The minimum absolute atomic E-state index is 0. The van der Waals surface area contributed by atoms with Gasteiger partial charge in [-0.05, 0) is 219 Å². The van der Waals surface area contributed by atoms with Gasteiger partial charge in [-0.25, -0.2) is 0 Å². The Labute approximate surface area is 564 Å². The Morgan fingerprint density at radius 2 is 0.526 bits per heavy atom. The first-order valence-electron chi connectivity index (χ1n) is 31.8. The number of nitrogens with zero attached hydrogens (tertiary/aromatic N) is 2. The molecule has 10 rings (SSSR count). The Morgan fingerprint density at radius 1 is 0.295 bits per heavy atom. The van der Waals surface area contributed by atoms with Crippen molar-refractivity contribution >= 4 is 98.3 Å². The number of hydrogen-bond donors (Lipinski definition) is 0. The van der Waals surface area contributed by atoms with Crippen LogP contribution in [0, 0.1) is 27.7 Å². The molecule has 0 atom stereocenters. The molecule has 0 amide bonds. The summed E-state index contributed by atoms with van der Waals surface area (Å²) in [6.45, 7) is 17.0. The summed E-state index contributed by atoms with van der Waals surface area (Å²) in [6, 6.07) is 82.2. The molecule has 0 unspecified atom stereocenters. The molecule has 0 aromatic heterocycles. The van der Waals surface area contributed by atoms with Crippen molar-refractivity contribution in [2.24, 2.45) is 0 Å². The third kappa shape index (κ3) is 22.1. The quantitative estimate of drug-likeness (QED) is 0.0295. The van der Waals surface area contributed by atoms with E-state index in [2.05, 4.69) is 232 Å². The minimum Gasteiger partial charge on any atom is -0.310 e. The Hall–Kier alpha value is -9.34. The average molecular weight is 1300 g/mol. The third-order valence-corrected chi connectivity index (χ3v) is 19.5. The largest absolute Gasteiger partial charge is 0.335 e. The zero-order valence-corrected chi connectivity index (χ0v) is 56.8. The number of aldehydes is 2. The van der Waals surface area contributed by atoms with Crippen molar-refractivity contribution in [3.8, 4) is 0 Å². The van der Waals surface area contributed by atoms with Gasteiger partial charge in [0.1, 0.15) is 12.6 Å². The number of carbonyl (C=O) groups is 2. The number of carbonyl (C=O) groups excluding carboxylic acids is 2. The second-order valence-corrected chi connectivity index (χ2v) is 26.4. The Kier molecular flexibility index (Phi) is 28.4. The van der Waals surface area contributed by atoms with E-state index in [1.807, 2.05) is 60.7 Å². The molecule has 488 valence electrons. The van der Waals surface area contributed by atoms with Gasteiger partial charge in [-0.3, -0.25) is 18.7 Å². The predicted octanol–water partition coefficient (Wildman–Crippen LogP) is 23.5. The molecule has 95 heavy (non-hydrogen) atoms. The van der Waals surface area contributed by atoms with Crippen LogP contribution in [0.2, 0.25) is 0 Å². The summed E-state index contributed by atoms with van der Waals surface area (Å²) in [5.41, 5.74) is 21.4. The van der Waals surface area contributed by atoms with Crippen LogP contribution in [-0.4, -0.2) is 39.0 Å². The van der Waals surface area contributed by atoms with E-state index in [9.17, 15) is 18.7 Å². The van der Waals surface area contributed by atoms with Crippen LogP contribution in [-0.2, 0) is 39.5 Å². The van der Waals surface area contributed by atoms with E-state index in [-0.39, 0.29) is 19.8 Å². The number of hydrogen-bond acceptors (Lipinski definition) is 10. The SMILES string of the molecule is C.CCOP(=O)(Cc1ccc(CP(=O)(OCC)OCC)cc1)OCC.Cc1ccc(N(c2ccc(C=Cc3ccccc3)cc2)c2ccc(C=Cc3ccc(C=Cc4ccccc4)cc3)cc2)cc1C.Cc1ccc(N(c2ccc(C=O)cc2)c2ccc(C=O)cc2)cc1C. The van der Waals surface area contributed by atoms with Crippen LogP contribution in [0.1, 0.15) is 123 Å². The Balaban J connectivity index is 0.000000218. The van der Waals surface area contributed by atoms with Gasteiger partial charge in [0.15, 0.2) is 0 Å². The number of anilines is 6. The van der Waals surface area contributed by atoms with Crippen molar-refractivity contribution in [3.05, 3.63) is 321 Å². The zero-order chi connectivity index (χ0) is 66.7. The van der Waals surface area contributed by atoms with Gasteiger partial charge < -0.3 is 27.9 Å². The van der Waals surface area contributed by atoms with E-state index < -0.39 is 15.2 Å². The van der Waals surface area contributed by atoms with Crippen molar-refractivity contribution in [1.29, 1.82) is 0 Å². The molecule has 10 nitrogen and oxygen atoms in total. The molecule has 0 N–H and O–H groups in total. The lowest BCUT2D eigenvalue weighted by molar-refractivity contribution is 0.111. The molecule has 0 saturated heterocycles. The second-order valence-electron chi connectivity index (χ2n) is 22.3. The zero-order valence-electron chi connectivity index (χ0n) is 55.0. The lowest BCUT2D eigenvalue weighted by atomic mass is 10.1. The summed E-state index contributed by atoms with van der Waals surface area (Å²) < 4.78 is 46.3. The van der Waals surface area contributed by atoms with Crippen LogP contribution >= 0.6 is 15.2 Å². The monoisotopic (exact) mass is 1300 g/mol. The van der Waals surface area contributed by atoms with Crippen LogP contribution < -0.4 is 9.80 Å².